The van der Waals surface area contributed by atoms with Gasteiger partial charge in [-0.1, -0.05) is 25.7 Å². The van der Waals surface area contributed by atoms with E-state index < -0.39 is 0 Å². The average Bonchev–Trinajstić information content (AvgIpc) is 2.72. The molecule has 0 N–H and O–H groups in total. The molecule has 0 spiro atoms. The summed E-state index contributed by atoms with van der Waals surface area (Å²) < 4.78 is 1.67. The van der Waals surface area contributed by atoms with Gasteiger partial charge in [0.1, 0.15) is 0 Å². The molecule has 155 valence electrons. The fourth-order valence-electron chi connectivity index (χ4n) is 7.90. The van der Waals surface area contributed by atoms with E-state index in [2.05, 4.69) is 0 Å². The van der Waals surface area contributed by atoms with Crippen molar-refractivity contribution in [2.75, 3.05) is 0 Å². The molecule has 4 rings (SSSR count). The summed E-state index contributed by atoms with van der Waals surface area (Å²) in [6.45, 7) is 0. The summed E-state index contributed by atoms with van der Waals surface area (Å²) in [7, 11) is 0. The first-order valence-corrected chi connectivity index (χ1v) is 12.3. The smallest absolute Gasteiger partial charge is 0.0896 e. The molecule has 0 unspecified atom stereocenters. The number of hydrogen-bond donors (Lipinski definition) is 0. The van der Waals surface area contributed by atoms with Crippen LogP contribution in [0.2, 0.25) is 0 Å². The second-order valence-electron chi connectivity index (χ2n) is 10.1. The van der Waals surface area contributed by atoms with Gasteiger partial charge >= 0.3 is 0 Å². The summed E-state index contributed by atoms with van der Waals surface area (Å²) in [5, 5.41) is 0. The standard InChI is InChI=1S/C24H44N.Cu/c1-5-13-21(14-6-1)25(22-15-7-2-8-16-22,23-17-9-3-10-18-23)24-19-11-4-12-20-24;/h21-24H,1-20H2;/q+1;. The van der Waals surface area contributed by atoms with Gasteiger partial charge in [0.2, 0.25) is 0 Å². The predicted octanol–water partition coefficient (Wildman–Crippen LogP) is 7.13. The normalized spacial score (nSPS) is 28.6. The van der Waals surface area contributed by atoms with Gasteiger partial charge in [0.05, 0.1) is 24.2 Å². The molecule has 4 saturated carbocycles. The van der Waals surface area contributed by atoms with Crippen LogP contribution in [0, 0.1) is 0 Å². The summed E-state index contributed by atoms with van der Waals surface area (Å²) in [5.41, 5.74) is 0. The van der Waals surface area contributed by atoms with Gasteiger partial charge in [-0.25, -0.2) is 0 Å². The van der Waals surface area contributed by atoms with Crippen molar-refractivity contribution >= 4 is 0 Å². The van der Waals surface area contributed by atoms with Gasteiger partial charge in [-0.05, 0) is 103 Å². The Morgan fingerprint density at radius 1 is 0.308 bits per heavy atom. The molecule has 0 amide bonds. The van der Waals surface area contributed by atoms with Crippen molar-refractivity contribution in [1.82, 2.24) is 0 Å². The Labute approximate surface area is 174 Å². The molecule has 0 aromatic carbocycles. The van der Waals surface area contributed by atoms with E-state index in [-0.39, 0.29) is 17.1 Å². The molecule has 4 fully saturated rings. The second-order valence-corrected chi connectivity index (χ2v) is 10.1. The molecule has 4 aliphatic carbocycles. The minimum absolute atomic E-state index is 0. The van der Waals surface area contributed by atoms with Crippen LogP contribution in [-0.4, -0.2) is 28.7 Å². The Morgan fingerprint density at radius 3 is 0.692 bits per heavy atom. The minimum atomic E-state index is 0. The summed E-state index contributed by atoms with van der Waals surface area (Å²) in [4.78, 5) is 0. The van der Waals surface area contributed by atoms with Crippen molar-refractivity contribution in [3.05, 3.63) is 0 Å². The predicted molar refractivity (Wildman–Crippen MR) is 108 cm³/mol. The molecular weight excluding hydrogens is 366 g/mol. The van der Waals surface area contributed by atoms with E-state index in [1.165, 1.54) is 77.0 Å². The van der Waals surface area contributed by atoms with Crippen LogP contribution in [0.1, 0.15) is 128 Å². The van der Waals surface area contributed by atoms with Crippen LogP contribution in [0.4, 0.5) is 0 Å². The first kappa shape index (κ1) is 21.2. The molecule has 0 atom stereocenters. The third-order valence-corrected chi connectivity index (χ3v) is 8.83. The van der Waals surface area contributed by atoms with E-state index in [1.54, 1.807) is 55.8 Å². The van der Waals surface area contributed by atoms with E-state index in [9.17, 15) is 0 Å². The monoisotopic (exact) mass is 409 g/mol. The van der Waals surface area contributed by atoms with E-state index in [4.69, 9.17) is 0 Å². The Bertz CT molecular complexity index is 308. The zero-order valence-electron chi connectivity index (χ0n) is 17.2. The van der Waals surface area contributed by atoms with Gasteiger partial charge in [0, 0.05) is 17.1 Å². The van der Waals surface area contributed by atoms with Crippen molar-refractivity contribution in [2.45, 2.75) is 153 Å². The van der Waals surface area contributed by atoms with Gasteiger partial charge in [-0.3, -0.25) is 0 Å². The zero-order valence-corrected chi connectivity index (χ0v) is 18.1. The largest absolute Gasteiger partial charge is 0.314 e. The van der Waals surface area contributed by atoms with Crippen molar-refractivity contribution in [3.63, 3.8) is 0 Å². The first-order valence-electron chi connectivity index (χ1n) is 12.3. The van der Waals surface area contributed by atoms with E-state index >= 15 is 0 Å². The Morgan fingerprint density at radius 2 is 0.500 bits per heavy atom. The fourth-order valence-corrected chi connectivity index (χ4v) is 7.90. The molecule has 26 heavy (non-hydrogen) atoms. The molecule has 0 bridgehead atoms. The van der Waals surface area contributed by atoms with Crippen LogP contribution in [0.25, 0.3) is 0 Å². The molecule has 0 aliphatic heterocycles. The first-order chi connectivity index (χ1) is 12.4. The summed E-state index contributed by atoms with van der Waals surface area (Å²) in [5.74, 6) is 0. The van der Waals surface area contributed by atoms with E-state index in [0.29, 0.717) is 0 Å². The molecule has 4 aliphatic rings. The fraction of sp³-hybridized carbons (Fsp3) is 1.00. The third kappa shape index (κ3) is 4.23. The maximum atomic E-state index is 1.67. The van der Waals surface area contributed by atoms with Crippen LogP contribution in [0.15, 0.2) is 0 Å². The van der Waals surface area contributed by atoms with Gasteiger partial charge < -0.3 is 4.48 Å². The zero-order chi connectivity index (χ0) is 17.0. The quantitative estimate of drug-likeness (QED) is 0.342. The van der Waals surface area contributed by atoms with Gasteiger partial charge in [-0.2, -0.15) is 0 Å². The number of quaternary nitrogens is 1. The summed E-state index contributed by atoms with van der Waals surface area (Å²) >= 11 is 0. The third-order valence-electron chi connectivity index (χ3n) is 8.83. The van der Waals surface area contributed by atoms with Crippen LogP contribution >= 0.6 is 0 Å². The molecule has 0 aromatic heterocycles. The molecule has 0 aromatic rings. The number of rotatable bonds is 4. The average molecular weight is 410 g/mol. The second kappa shape index (κ2) is 10.3. The van der Waals surface area contributed by atoms with E-state index in [0.717, 1.165) is 24.2 Å². The van der Waals surface area contributed by atoms with Crippen molar-refractivity contribution in [1.29, 1.82) is 0 Å². The van der Waals surface area contributed by atoms with Gasteiger partial charge in [0.25, 0.3) is 0 Å². The number of nitrogens with zero attached hydrogens (tertiary/aromatic N) is 1. The van der Waals surface area contributed by atoms with Crippen molar-refractivity contribution < 1.29 is 21.6 Å². The van der Waals surface area contributed by atoms with Crippen molar-refractivity contribution in [3.8, 4) is 0 Å². The van der Waals surface area contributed by atoms with Crippen LogP contribution in [0.3, 0.4) is 0 Å². The molecular formula is C24H44CuN+. The summed E-state index contributed by atoms with van der Waals surface area (Å²) in [6, 6.07) is 4.18. The Balaban J connectivity index is 0.00000196. The maximum absolute atomic E-state index is 1.67. The van der Waals surface area contributed by atoms with Gasteiger partial charge in [-0.15, -0.1) is 0 Å². The Hall–Kier alpha value is 0.479. The maximum Gasteiger partial charge on any atom is 0.0896 e. The molecule has 0 heterocycles. The minimum Gasteiger partial charge on any atom is -0.314 e. The van der Waals surface area contributed by atoms with Gasteiger partial charge in [0.15, 0.2) is 0 Å². The topological polar surface area (TPSA) is 0 Å². The van der Waals surface area contributed by atoms with Crippen LogP contribution in [0.5, 0.6) is 0 Å². The Kier molecular flexibility index (Phi) is 8.41. The van der Waals surface area contributed by atoms with Crippen LogP contribution in [-0.2, 0) is 17.1 Å². The number of hydrogen-bond acceptors (Lipinski definition) is 0. The molecule has 1 radical (unpaired) electrons. The molecule has 1 nitrogen and oxygen atoms in total. The van der Waals surface area contributed by atoms with Crippen LogP contribution < -0.4 is 0 Å². The molecule has 0 saturated heterocycles. The summed E-state index contributed by atoms with van der Waals surface area (Å²) in [6.07, 6.45) is 31.0. The molecule has 2 heteroatoms. The van der Waals surface area contributed by atoms with E-state index in [1.807, 2.05) is 0 Å². The van der Waals surface area contributed by atoms with Crippen molar-refractivity contribution in [2.24, 2.45) is 0 Å². The SMILES string of the molecule is C1CCC([N+](C2CCCCC2)(C2CCCCC2)C2CCCCC2)CC1.[Cu].